The van der Waals surface area contributed by atoms with E-state index >= 15 is 0 Å². The number of aryl methyl sites for hydroxylation is 2. The lowest BCUT2D eigenvalue weighted by Gasteiger charge is -1.96. The Hall–Kier alpha value is -0.830. The van der Waals surface area contributed by atoms with Crippen LogP contribution in [-0.2, 0) is 13.6 Å². The van der Waals surface area contributed by atoms with Gasteiger partial charge in [0.2, 0.25) is 0 Å². The van der Waals surface area contributed by atoms with E-state index in [-0.39, 0.29) is 0 Å². The van der Waals surface area contributed by atoms with Gasteiger partial charge in [0.25, 0.3) is 0 Å². The number of nitrogens with two attached hydrogens (primary N) is 1. The van der Waals surface area contributed by atoms with Crippen molar-refractivity contribution in [2.24, 2.45) is 12.8 Å². The minimum Gasteiger partial charge on any atom is -0.330 e. The van der Waals surface area contributed by atoms with Crippen LogP contribution in [0.2, 0.25) is 0 Å². The van der Waals surface area contributed by atoms with Crippen molar-refractivity contribution in [2.45, 2.75) is 13.0 Å². The molecule has 0 aromatic carbocycles. The molecule has 0 aliphatic carbocycles. The summed E-state index contributed by atoms with van der Waals surface area (Å²) in [6, 6.07) is 2.02. The molecule has 0 saturated heterocycles. The number of aromatic nitrogens is 2. The van der Waals surface area contributed by atoms with Gasteiger partial charge in [0.1, 0.15) is 0 Å². The highest BCUT2D eigenvalue weighted by molar-refractivity contribution is 4.71. The number of nitrogens with zero attached hydrogens (tertiary/aromatic N) is 2. The molecule has 0 unspecified atom stereocenters. The summed E-state index contributed by atoms with van der Waals surface area (Å²) in [5.41, 5.74) is 5.37. The summed E-state index contributed by atoms with van der Waals surface area (Å²) >= 11 is 0. The minimum atomic E-state index is 0.762. The summed E-state index contributed by atoms with van der Waals surface area (Å²) < 4.78 is 4.18. The van der Waals surface area contributed by atoms with Crippen LogP contribution in [0, 0.1) is 0 Å². The van der Waals surface area contributed by atoms with Gasteiger partial charge >= 0.3 is 0 Å². The van der Waals surface area contributed by atoms with Crippen LogP contribution in [0.25, 0.3) is 0 Å². The molecule has 0 aliphatic heterocycles. The van der Waals surface area contributed by atoms with E-state index < -0.39 is 0 Å². The molecule has 0 saturated carbocycles. The average Bonchev–Trinajstić information content (AvgIpc) is 2.31. The fourth-order valence-electron chi connectivity index (χ4n) is 0.939. The first-order chi connectivity index (χ1) is 4.84. The largest absolute Gasteiger partial charge is 0.330 e. The van der Waals surface area contributed by atoms with E-state index in [1.165, 1.54) is 0 Å². The number of hydrogen-bond acceptors (Lipinski definition) is 1. The zero-order valence-electron chi connectivity index (χ0n) is 6.33. The fraction of sp³-hybridized carbons (Fsp3) is 0.571. The molecular weight excluding hydrogens is 126 g/mol. The Bertz CT molecular complexity index is 192. The highest BCUT2D eigenvalue weighted by Crippen LogP contribution is 1.84. The summed E-state index contributed by atoms with van der Waals surface area (Å²) in [6.45, 7) is 1.78. The molecule has 1 rings (SSSR count). The molecule has 10 heavy (non-hydrogen) atoms. The molecule has 1 aromatic heterocycles. The van der Waals surface area contributed by atoms with Crippen molar-refractivity contribution in [1.82, 2.24) is 4.68 Å². The second-order valence-corrected chi connectivity index (χ2v) is 2.37. The van der Waals surface area contributed by atoms with Crippen LogP contribution in [0.3, 0.4) is 0 Å². The maximum atomic E-state index is 5.37. The first kappa shape index (κ1) is 7.28. The smallest absolute Gasteiger partial charge is 0.195 e. The fourth-order valence-corrected chi connectivity index (χ4v) is 0.939. The average molecular weight is 140 g/mol. The Morgan fingerprint density at radius 1 is 1.60 bits per heavy atom. The van der Waals surface area contributed by atoms with E-state index in [0.29, 0.717) is 0 Å². The molecule has 1 heterocycles. The zero-order chi connectivity index (χ0) is 7.40. The van der Waals surface area contributed by atoms with Crippen LogP contribution < -0.4 is 10.4 Å². The lowest BCUT2D eigenvalue weighted by Crippen LogP contribution is -2.38. The van der Waals surface area contributed by atoms with Gasteiger partial charge in [0.05, 0.1) is 12.7 Å². The Balaban J connectivity index is 2.49. The molecule has 0 aliphatic rings. The summed E-state index contributed by atoms with van der Waals surface area (Å²) in [6.07, 6.45) is 5.12. The topological polar surface area (TPSA) is 34.8 Å². The van der Waals surface area contributed by atoms with Crippen molar-refractivity contribution >= 4 is 0 Å². The summed E-state index contributed by atoms with van der Waals surface area (Å²) in [7, 11) is 2.02. The maximum absolute atomic E-state index is 5.37. The molecule has 3 heteroatoms. The zero-order valence-corrected chi connectivity index (χ0v) is 6.33. The molecule has 0 fully saturated rings. The molecule has 0 spiro atoms. The third kappa shape index (κ3) is 1.57. The van der Waals surface area contributed by atoms with Gasteiger partial charge in [-0.2, -0.15) is 4.68 Å². The Labute approximate surface area is 61.0 Å². The van der Waals surface area contributed by atoms with Crippen molar-refractivity contribution < 1.29 is 4.68 Å². The van der Waals surface area contributed by atoms with Gasteiger partial charge < -0.3 is 5.73 Å². The molecule has 56 valence electrons. The highest BCUT2D eigenvalue weighted by atomic mass is 15.4. The SMILES string of the molecule is C[n+]1cccn1CCCN. The second kappa shape index (κ2) is 3.37. The number of hydrogen-bond donors (Lipinski definition) is 1. The van der Waals surface area contributed by atoms with E-state index in [9.17, 15) is 0 Å². The van der Waals surface area contributed by atoms with Crippen LogP contribution in [0.15, 0.2) is 18.5 Å². The van der Waals surface area contributed by atoms with E-state index in [2.05, 4.69) is 15.6 Å². The van der Waals surface area contributed by atoms with Gasteiger partial charge in [-0.3, -0.25) is 0 Å². The third-order valence-electron chi connectivity index (χ3n) is 1.56. The molecule has 1 aromatic rings. The van der Waals surface area contributed by atoms with Crippen molar-refractivity contribution in [3.05, 3.63) is 18.5 Å². The van der Waals surface area contributed by atoms with Crippen molar-refractivity contribution in [3.8, 4) is 0 Å². The van der Waals surface area contributed by atoms with Crippen LogP contribution in [0.1, 0.15) is 6.42 Å². The first-order valence-corrected chi connectivity index (χ1v) is 3.55. The van der Waals surface area contributed by atoms with E-state index in [0.717, 1.165) is 19.5 Å². The van der Waals surface area contributed by atoms with Crippen molar-refractivity contribution in [3.63, 3.8) is 0 Å². The van der Waals surface area contributed by atoms with Gasteiger partial charge in [-0.25, -0.2) is 0 Å². The molecule has 2 N–H and O–H groups in total. The van der Waals surface area contributed by atoms with Crippen LogP contribution in [0.5, 0.6) is 0 Å². The van der Waals surface area contributed by atoms with Crippen LogP contribution >= 0.6 is 0 Å². The van der Waals surface area contributed by atoms with Gasteiger partial charge in [0, 0.05) is 6.07 Å². The molecule has 3 nitrogen and oxygen atoms in total. The highest BCUT2D eigenvalue weighted by Gasteiger charge is 1.98. The Morgan fingerprint density at radius 2 is 2.40 bits per heavy atom. The lowest BCUT2D eigenvalue weighted by atomic mass is 10.4. The Morgan fingerprint density at radius 3 is 2.90 bits per heavy atom. The second-order valence-electron chi connectivity index (χ2n) is 2.37. The van der Waals surface area contributed by atoms with Crippen molar-refractivity contribution in [2.75, 3.05) is 6.54 Å². The molecule has 0 atom stereocenters. The predicted molar refractivity (Wildman–Crippen MR) is 39.3 cm³/mol. The van der Waals surface area contributed by atoms with E-state index in [1.807, 2.05) is 19.3 Å². The summed E-state index contributed by atoms with van der Waals surface area (Å²) in [5, 5.41) is 0. The Kier molecular flexibility index (Phi) is 2.45. The van der Waals surface area contributed by atoms with Gasteiger partial charge in [0.15, 0.2) is 13.2 Å². The van der Waals surface area contributed by atoms with Gasteiger partial charge in [-0.05, 0) is 13.0 Å². The molecule has 0 radical (unpaired) electrons. The van der Waals surface area contributed by atoms with Gasteiger partial charge in [-0.15, -0.1) is 4.68 Å². The standard InChI is InChI=1S/C7H14N3/c1-9-5-3-7-10(9)6-2-4-8/h3,5,7H,2,4,6,8H2,1H3/q+1. The molecule has 0 amide bonds. The predicted octanol–water partition coefficient (Wildman–Crippen LogP) is -0.339. The van der Waals surface area contributed by atoms with Crippen LogP contribution in [-0.4, -0.2) is 11.2 Å². The molecular formula is C7H14N3+. The van der Waals surface area contributed by atoms with E-state index in [4.69, 9.17) is 5.73 Å². The third-order valence-corrected chi connectivity index (χ3v) is 1.56. The quantitative estimate of drug-likeness (QED) is 0.573. The minimum absolute atomic E-state index is 0.762. The maximum Gasteiger partial charge on any atom is 0.195 e. The lowest BCUT2D eigenvalue weighted by molar-refractivity contribution is -0.753. The first-order valence-electron chi connectivity index (χ1n) is 3.55. The normalized spacial score (nSPS) is 10.2. The van der Waals surface area contributed by atoms with Gasteiger partial charge in [-0.1, -0.05) is 0 Å². The molecule has 0 bridgehead atoms. The summed E-state index contributed by atoms with van der Waals surface area (Å²) in [5.74, 6) is 0. The number of rotatable bonds is 3. The van der Waals surface area contributed by atoms with Crippen molar-refractivity contribution in [1.29, 1.82) is 0 Å². The van der Waals surface area contributed by atoms with Crippen LogP contribution in [0.4, 0.5) is 0 Å². The monoisotopic (exact) mass is 140 g/mol. The van der Waals surface area contributed by atoms with E-state index in [1.54, 1.807) is 0 Å². The summed E-state index contributed by atoms with van der Waals surface area (Å²) in [4.78, 5) is 0.